The Morgan fingerprint density at radius 3 is 2.59 bits per heavy atom. The lowest BCUT2D eigenvalue weighted by molar-refractivity contribution is -0.119. The molecule has 0 aliphatic heterocycles. The highest BCUT2D eigenvalue weighted by molar-refractivity contribution is 7.14. The molecule has 1 aromatic carbocycles. The van der Waals surface area contributed by atoms with Crippen molar-refractivity contribution in [3.05, 3.63) is 75.6 Å². The lowest BCUT2D eigenvalue weighted by Crippen LogP contribution is -2.18. The molecule has 0 atom stereocenters. The molecular weight excluding hydrogens is 448 g/mol. The summed E-state index contributed by atoms with van der Waals surface area (Å²) in [6.07, 6.45) is 0. The van der Waals surface area contributed by atoms with E-state index < -0.39 is 0 Å². The van der Waals surface area contributed by atoms with Crippen LogP contribution in [0.4, 0.5) is 5.13 Å². The van der Waals surface area contributed by atoms with E-state index in [1.54, 1.807) is 29.6 Å². The third-order valence-corrected chi connectivity index (χ3v) is 5.96. The molecular formula is C23H21ClN4O3S. The van der Waals surface area contributed by atoms with Crippen LogP contribution in [-0.2, 0) is 11.3 Å². The number of aromatic nitrogens is 2. The molecule has 164 valence electrons. The molecule has 0 unspecified atom stereocenters. The van der Waals surface area contributed by atoms with Gasteiger partial charge in [-0.3, -0.25) is 14.9 Å². The maximum Gasteiger partial charge on any atom is 0.259 e. The van der Waals surface area contributed by atoms with Gasteiger partial charge in [-0.05, 0) is 56.3 Å². The van der Waals surface area contributed by atoms with E-state index in [-0.39, 0.29) is 11.8 Å². The smallest absolute Gasteiger partial charge is 0.259 e. The zero-order valence-corrected chi connectivity index (χ0v) is 19.3. The summed E-state index contributed by atoms with van der Waals surface area (Å²) in [4.78, 5) is 28.4. The fraction of sp³-hybridized carbons (Fsp3) is 0.174. The Balaban J connectivity index is 1.51. The van der Waals surface area contributed by atoms with E-state index in [0.717, 1.165) is 17.1 Å². The molecule has 0 aliphatic carbocycles. The van der Waals surface area contributed by atoms with Crippen molar-refractivity contribution in [2.45, 2.75) is 27.3 Å². The van der Waals surface area contributed by atoms with Crippen LogP contribution in [0.2, 0.25) is 5.02 Å². The molecule has 0 bridgehead atoms. The van der Waals surface area contributed by atoms with Gasteiger partial charge >= 0.3 is 0 Å². The number of hydrogen-bond acceptors (Lipinski definition) is 5. The number of halogens is 1. The highest BCUT2D eigenvalue weighted by Gasteiger charge is 2.16. The fourth-order valence-corrected chi connectivity index (χ4v) is 4.23. The fourth-order valence-electron chi connectivity index (χ4n) is 3.33. The molecule has 3 aromatic heterocycles. The van der Waals surface area contributed by atoms with Gasteiger partial charge in [-0.25, -0.2) is 4.98 Å². The SMILES string of the molecule is CC(=O)NCc1ccc(-c2csc(NC(=O)c3cc(-n4c(C)ccc4C)ccc3Cl)n2)o1. The van der Waals surface area contributed by atoms with Gasteiger partial charge in [0.2, 0.25) is 5.91 Å². The van der Waals surface area contributed by atoms with E-state index in [0.29, 0.717) is 39.5 Å². The summed E-state index contributed by atoms with van der Waals surface area (Å²) in [6.45, 7) is 5.77. The van der Waals surface area contributed by atoms with Gasteiger partial charge in [-0.2, -0.15) is 0 Å². The number of hydrogen-bond donors (Lipinski definition) is 2. The molecule has 0 spiro atoms. The maximum absolute atomic E-state index is 12.9. The van der Waals surface area contributed by atoms with E-state index in [1.807, 2.05) is 32.0 Å². The number of anilines is 1. The Kier molecular flexibility index (Phi) is 6.16. The molecule has 3 heterocycles. The number of aryl methyl sites for hydroxylation is 2. The number of thiazole rings is 1. The minimum atomic E-state index is -0.342. The van der Waals surface area contributed by atoms with Crippen molar-refractivity contribution in [1.29, 1.82) is 0 Å². The average Bonchev–Trinajstić information content (AvgIpc) is 3.48. The molecule has 0 radical (unpaired) electrons. The zero-order chi connectivity index (χ0) is 22.8. The quantitative estimate of drug-likeness (QED) is 0.399. The Labute approximate surface area is 194 Å². The topological polar surface area (TPSA) is 89.2 Å². The van der Waals surface area contributed by atoms with E-state index in [9.17, 15) is 9.59 Å². The van der Waals surface area contributed by atoms with Gasteiger partial charge in [0.05, 0.1) is 17.1 Å². The lowest BCUT2D eigenvalue weighted by Gasteiger charge is -2.12. The van der Waals surface area contributed by atoms with Crippen LogP contribution in [-0.4, -0.2) is 21.4 Å². The van der Waals surface area contributed by atoms with Gasteiger partial charge in [0.15, 0.2) is 10.9 Å². The van der Waals surface area contributed by atoms with Gasteiger partial charge < -0.3 is 14.3 Å². The van der Waals surface area contributed by atoms with Crippen molar-refractivity contribution in [2.24, 2.45) is 0 Å². The Morgan fingerprint density at radius 2 is 1.88 bits per heavy atom. The zero-order valence-electron chi connectivity index (χ0n) is 17.7. The van der Waals surface area contributed by atoms with Crippen molar-refractivity contribution in [3.8, 4) is 17.1 Å². The largest absolute Gasteiger partial charge is 0.458 e. The van der Waals surface area contributed by atoms with Crippen molar-refractivity contribution < 1.29 is 14.0 Å². The first-order chi connectivity index (χ1) is 15.3. The highest BCUT2D eigenvalue weighted by Crippen LogP contribution is 2.28. The monoisotopic (exact) mass is 468 g/mol. The summed E-state index contributed by atoms with van der Waals surface area (Å²) in [7, 11) is 0. The van der Waals surface area contributed by atoms with Crippen LogP contribution in [0.25, 0.3) is 17.1 Å². The van der Waals surface area contributed by atoms with Crippen LogP contribution in [0.1, 0.15) is 34.4 Å². The predicted octanol–water partition coefficient (Wildman–Crippen LogP) is 5.35. The minimum Gasteiger partial charge on any atom is -0.458 e. The normalized spacial score (nSPS) is 10.9. The first-order valence-electron chi connectivity index (χ1n) is 9.87. The van der Waals surface area contributed by atoms with Crippen molar-refractivity contribution in [2.75, 3.05) is 5.32 Å². The lowest BCUT2D eigenvalue weighted by atomic mass is 10.1. The molecule has 0 saturated carbocycles. The molecule has 4 aromatic rings. The standard InChI is InChI=1S/C23H21ClN4O3S/c1-13-4-5-14(2)28(13)16-6-8-19(24)18(10-16)22(30)27-23-26-20(12-32-23)21-9-7-17(31-21)11-25-15(3)29/h4-10,12H,11H2,1-3H3,(H,25,29)(H,26,27,30). The summed E-state index contributed by atoms with van der Waals surface area (Å²) in [5.41, 5.74) is 3.96. The molecule has 9 heteroatoms. The molecule has 4 rings (SSSR count). The Hall–Kier alpha value is -3.36. The number of nitrogens with zero attached hydrogens (tertiary/aromatic N) is 2. The van der Waals surface area contributed by atoms with E-state index in [1.165, 1.54) is 18.3 Å². The van der Waals surface area contributed by atoms with Crippen LogP contribution in [0.5, 0.6) is 0 Å². The second kappa shape index (κ2) is 9.02. The van der Waals surface area contributed by atoms with Crippen molar-refractivity contribution in [1.82, 2.24) is 14.9 Å². The summed E-state index contributed by atoms with van der Waals surface area (Å²) < 4.78 is 7.77. The number of carbonyl (C=O) groups excluding carboxylic acids is 2. The van der Waals surface area contributed by atoms with Gasteiger partial charge in [-0.1, -0.05) is 11.6 Å². The van der Waals surface area contributed by atoms with Crippen LogP contribution >= 0.6 is 22.9 Å². The highest BCUT2D eigenvalue weighted by atomic mass is 35.5. The molecule has 2 N–H and O–H groups in total. The van der Waals surface area contributed by atoms with E-state index in [4.69, 9.17) is 16.0 Å². The van der Waals surface area contributed by atoms with Gasteiger partial charge in [0.25, 0.3) is 5.91 Å². The first-order valence-corrected chi connectivity index (χ1v) is 11.1. The Morgan fingerprint density at radius 1 is 1.12 bits per heavy atom. The number of amides is 2. The summed E-state index contributed by atoms with van der Waals surface area (Å²) >= 11 is 7.61. The molecule has 0 fully saturated rings. The number of furan rings is 1. The molecule has 2 amide bonds. The number of carbonyl (C=O) groups is 2. The molecule has 7 nitrogen and oxygen atoms in total. The first kappa shape index (κ1) is 21.9. The van der Waals surface area contributed by atoms with Gasteiger partial charge in [0.1, 0.15) is 11.5 Å². The molecule has 0 aliphatic rings. The van der Waals surface area contributed by atoms with Crippen LogP contribution in [0.15, 0.2) is 52.3 Å². The summed E-state index contributed by atoms with van der Waals surface area (Å²) in [5, 5.41) is 8.08. The maximum atomic E-state index is 12.9. The Bertz CT molecular complexity index is 1280. The number of nitrogens with one attached hydrogen (secondary N) is 2. The summed E-state index contributed by atoms with van der Waals surface area (Å²) in [5.74, 6) is 0.700. The van der Waals surface area contributed by atoms with E-state index in [2.05, 4.69) is 20.2 Å². The average molecular weight is 469 g/mol. The third kappa shape index (κ3) is 4.61. The second-order valence-corrected chi connectivity index (χ2v) is 8.55. The van der Waals surface area contributed by atoms with Gasteiger partial charge in [-0.15, -0.1) is 11.3 Å². The second-order valence-electron chi connectivity index (χ2n) is 7.28. The third-order valence-electron chi connectivity index (χ3n) is 4.87. The van der Waals surface area contributed by atoms with Gasteiger partial charge in [0, 0.05) is 29.4 Å². The number of benzene rings is 1. The minimum absolute atomic E-state index is 0.133. The van der Waals surface area contributed by atoms with Crippen LogP contribution in [0.3, 0.4) is 0 Å². The van der Waals surface area contributed by atoms with Crippen LogP contribution in [0, 0.1) is 13.8 Å². The molecule has 32 heavy (non-hydrogen) atoms. The number of rotatable bonds is 6. The van der Waals surface area contributed by atoms with Crippen LogP contribution < -0.4 is 10.6 Å². The van der Waals surface area contributed by atoms with E-state index >= 15 is 0 Å². The van der Waals surface area contributed by atoms with Crippen molar-refractivity contribution >= 4 is 39.9 Å². The predicted molar refractivity (Wildman–Crippen MR) is 126 cm³/mol. The molecule has 0 saturated heterocycles. The van der Waals surface area contributed by atoms with Crippen molar-refractivity contribution in [3.63, 3.8) is 0 Å². The summed E-state index contributed by atoms with van der Waals surface area (Å²) in [6, 6.07) is 13.0.